The molecule has 0 aliphatic heterocycles. The van der Waals surface area contributed by atoms with Crippen LogP contribution in [0.5, 0.6) is 0 Å². The van der Waals surface area contributed by atoms with Crippen molar-refractivity contribution in [2.45, 2.75) is 18.2 Å². The zero-order valence-corrected chi connectivity index (χ0v) is 13.2. The van der Waals surface area contributed by atoms with Crippen LogP contribution in [-0.4, -0.2) is 16.6 Å². The van der Waals surface area contributed by atoms with Crippen molar-refractivity contribution in [3.63, 3.8) is 0 Å². The lowest BCUT2D eigenvalue weighted by molar-refractivity contribution is -0.115. The van der Waals surface area contributed by atoms with Gasteiger partial charge in [0.25, 0.3) is 0 Å². The third kappa shape index (κ3) is 3.71. The monoisotopic (exact) mass is 310 g/mol. The number of nitrogens with one attached hydrogen (secondary N) is 2. The van der Waals surface area contributed by atoms with Crippen molar-refractivity contribution in [1.29, 1.82) is 0 Å². The number of fused-ring (bicyclic) bond motifs is 1. The van der Waals surface area contributed by atoms with Crippen LogP contribution in [0.1, 0.15) is 12.0 Å². The van der Waals surface area contributed by atoms with Gasteiger partial charge in [0.1, 0.15) is 0 Å². The van der Waals surface area contributed by atoms with E-state index in [1.54, 1.807) is 11.8 Å². The van der Waals surface area contributed by atoms with Crippen LogP contribution in [0.2, 0.25) is 0 Å². The fourth-order valence-electron chi connectivity index (χ4n) is 2.25. The highest BCUT2D eigenvalue weighted by Gasteiger charge is 2.04. The fraction of sp³-hybridized carbons (Fsp3) is 0.167. The van der Waals surface area contributed by atoms with E-state index in [0.29, 0.717) is 6.42 Å². The van der Waals surface area contributed by atoms with E-state index in [2.05, 4.69) is 41.5 Å². The molecule has 1 amide bonds. The first-order valence-electron chi connectivity index (χ1n) is 7.27. The molecule has 0 saturated carbocycles. The van der Waals surface area contributed by atoms with Gasteiger partial charge in [0.2, 0.25) is 5.91 Å². The van der Waals surface area contributed by atoms with Crippen molar-refractivity contribution in [2.75, 3.05) is 11.1 Å². The van der Waals surface area contributed by atoms with Gasteiger partial charge in [0.05, 0.1) is 0 Å². The Bertz CT molecular complexity index is 777. The average Bonchev–Trinajstić information content (AvgIpc) is 2.97. The summed E-state index contributed by atoms with van der Waals surface area (Å²) < 4.78 is 0. The minimum Gasteiger partial charge on any atom is -0.361 e. The van der Waals surface area contributed by atoms with Gasteiger partial charge in [0.15, 0.2) is 0 Å². The van der Waals surface area contributed by atoms with Gasteiger partial charge < -0.3 is 10.3 Å². The van der Waals surface area contributed by atoms with Gasteiger partial charge in [0, 0.05) is 39.9 Å². The molecule has 2 aromatic carbocycles. The van der Waals surface area contributed by atoms with E-state index < -0.39 is 0 Å². The first-order chi connectivity index (χ1) is 10.7. The van der Waals surface area contributed by atoms with Gasteiger partial charge in [-0.1, -0.05) is 17.7 Å². The molecule has 4 heteroatoms. The molecule has 0 radical (unpaired) electrons. The Hall–Kier alpha value is -2.20. The van der Waals surface area contributed by atoms with Crippen LogP contribution in [0, 0.1) is 6.92 Å². The second kappa shape index (κ2) is 6.71. The van der Waals surface area contributed by atoms with Gasteiger partial charge in [-0.3, -0.25) is 4.79 Å². The summed E-state index contributed by atoms with van der Waals surface area (Å²) in [5.41, 5.74) is 3.17. The van der Waals surface area contributed by atoms with Crippen LogP contribution in [-0.2, 0) is 4.79 Å². The molecule has 0 aliphatic rings. The second-order valence-corrected chi connectivity index (χ2v) is 6.41. The summed E-state index contributed by atoms with van der Waals surface area (Å²) in [6.45, 7) is 2.07. The molecule has 2 N–H and O–H groups in total. The van der Waals surface area contributed by atoms with Crippen molar-refractivity contribution in [1.82, 2.24) is 4.98 Å². The fourth-order valence-corrected chi connectivity index (χ4v) is 3.10. The van der Waals surface area contributed by atoms with Gasteiger partial charge in [-0.2, -0.15) is 0 Å². The Morgan fingerprint density at radius 3 is 2.77 bits per heavy atom. The number of carbonyl (C=O) groups excluding carboxylic acids is 1. The first kappa shape index (κ1) is 14.7. The Morgan fingerprint density at radius 2 is 1.95 bits per heavy atom. The topological polar surface area (TPSA) is 44.9 Å². The summed E-state index contributed by atoms with van der Waals surface area (Å²) in [7, 11) is 0. The molecule has 0 saturated heterocycles. The first-order valence-corrected chi connectivity index (χ1v) is 8.26. The predicted octanol–water partition coefficient (Wildman–Crippen LogP) is 4.60. The second-order valence-electron chi connectivity index (χ2n) is 5.24. The number of thioether (sulfide) groups is 1. The van der Waals surface area contributed by atoms with Gasteiger partial charge in [-0.15, -0.1) is 11.8 Å². The van der Waals surface area contributed by atoms with Crippen LogP contribution in [0.25, 0.3) is 10.9 Å². The quantitative estimate of drug-likeness (QED) is 0.677. The molecule has 112 valence electrons. The molecule has 3 rings (SSSR count). The number of aryl methyl sites for hydroxylation is 1. The zero-order valence-electron chi connectivity index (χ0n) is 12.4. The number of benzene rings is 2. The molecule has 0 atom stereocenters. The highest BCUT2D eigenvalue weighted by atomic mass is 32.2. The lowest BCUT2D eigenvalue weighted by Gasteiger charge is -2.06. The highest BCUT2D eigenvalue weighted by molar-refractivity contribution is 7.99. The Balaban J connectivity index is 1.50. The van der Waals surface area contributed by atoms with Crippen molar-refractivity contribution < 1.29 is 4.79 Å². The van der Waals surface area contributed by atoms with E-state index >= 15 is 0 Å². The molecule has 1 aromatic heterocycles. The smallest absolute Gasteiger partial charge is 0.225 e. The van der Waals surface area contributed by atoms with Gasteiger partial charge in [-0.05, 0) is 43.3 Å². The van der Waals surface area contributed by atoms with Crippen molar-refractivity contribution in [3.05, 3.63) is 60.3 Å². The number of amides is 1. The van der Waals surface area contributed by atoms with Crippen LogP contribution < -0.4 is 5.32 Å². The van der Waals surface area contributed by atoms with Crippen LogP contribution >= 0.6 is 11.8 Å². The summed E-state index contributed by atoms with van der Waals surface area (Å²) in [4.78, 5) is 16.3. The predicted molar refractivity (Wildman–Crippen MR) is 93.4 cm³/mol. The number of hydrogen-bond acceptors (Lipinski definition) is 2. The van der Waals surface area contributed by atoms with Crippen molar-refractivity contribution >= 4 is 34.3 Å². The lowest BCUT2D eigenvalue weighted by atomic mass is 10.2. The maximum Gasteiger partial charge on any atom is 0.225 e. The van der Waals surface area contributed by atoms with E-state index in [1.807, 2.05) is 30.5 Å². The molecule has 0 bridgehead atoms. The largest absolute Gasteiger partial charge is 0.361 e. The molecule has 1 heterocycles. The number of anilines is 1. The number of aromatic amines is 1. The minimum atomic E-state index is 0.0505. The van der Waals surface area contributed by atoms with Crippen molar-refractivity contribution in [3.8, 4) is 0 Å². The molecule has 0 spiro atoms. The van der Waals surface area contributed by atoms with Gasteiger partial charge >= 0.3 is 0 Å². The Morgan fingerprint density at radius 1 is 1.14 bits per heavy atom. The van der Waals surface area contributed by atoms with Crippen LogP contribution in [0.3, 0.4) is 0 Å². The summed E-state index contributed by atoms with van der Waals surface area (Å²) in [6.07, 6.45) is 2.40. The van der Waals surface area contributed by atoms with Crippen LogP contribution in [0.4, 0.5) is 5.69 Å². The molecular formula is C18H18N2OS. The van der Waals surface area contributed by atoms with E-state index in [-0.39, 0.29) is 5.91 Å². The minimum absolute atomic E-state index is 0.0505. The highest BCUT2D eigenvalue weighted by Crippen LogP contribution is 2.20. The van der Waals surface area contributed by atoms with Crippen LogP contribution in [0.15, 0.2) is 59.6 Å². The summed E-state index contributed by atoms with van der Waals surface area (Å²) in [5.74, 6) is 0.830. The number of carbonyl (C=O) groups is 1. The SMILES string of the molecule is Cc1ccc(SCCC(=O)Nc2ccc3[nH]ccc3c2)cc1. The number of hydrogen-bond donors (Lipinski definition) is 2. The van der Waals surface area contributed by atoms with Crippen molar-refractivity contribution in [2.24, 2.45) is 0 Å². The number of H-pyrrole nitrogens is 1. The van der Waals surface area contributed by atoms with E-state index in [1.165, 1.54) is 10.5 Å². The normalized spacial score (nSPS) is 10.8. The number of rotatable bonds is 5. The maximum atomic E-state index is 12.0. The number of aromatic nitrogens is 1. The molecule has 22 heavy (non-hydrogen) atoms. The average molecular weight is 310 g/mol. The lowest BCUT2D eigenvalue weighted by Crippen LogP contribution is -2.12. The van der Waals surface area contributed by atoms with E-state index in [0.717, 1.165) is 22.3 Å². The molecule has 3 aromatic rings. The molecule has 3 nitrogen and oxygen atoms in total. The summed E-state index contributed by atoms with van der Waals surface area (Å²) in [6, 6.07) is 16.3. The maximum absolute atomic E-state index is 12.0. The Labute approximate surface area is 134 Å². The van der Waals surface area contributed by atoms with E-state index in [9.17, 15) is 4.79 Å². The standard InChI is InChI=1S/C18H18N2OS/c1-13-2-5-16(6-3-13)22-11-9-18(21)20-15-4-7-17-14(12-15)8-10-19-17/h2-8,10,12,19H,9,11H2,1H3,(H,20,21). The molecule has 0 unspecified atom stereocenters. The van der Waals surface area contributed by atoms with Gasteiger partial charge in [-0.25, -0.2) is 0 Å². The summed E-state index contributed by atoms with van der Waals surface area (Å²) >= 11 is 1.71. The molecule has 0 aliphatic carbocycles. The molecule has 0 fully saturated rings. The Kier molecular flexibility index (Phi) is 4.49. The third-order valence-electron chi connectivity index (χ3n) is 3.46. The third-order valence-corrected chi connectivity index (χ3v) is 4.47. The van der Waals surface area contributed by atoms with E-state index in [4.69, 9.17) is 0 Å². The molecular weight excluding hydrogens is 292 g/mol. The summed E-state index contributed by atoms with van der Waals surface area (Å²) in [5, 5.41) is 4.06. The zero-order chi connectivity index (χ0) is 15.4.